The number of benzene rings is 1. The van der Waals surface area contributed by atoms with Crippen molar-refractivity contribution in [3.8, 4) is 0 Å². The molecule has 3 rings (SSSR count). The predicted octanol–water partition coefficient (Wildman–Crippen LogP) is 3.01. The molecule has 22 heavy (non-hydrogen) atoms. The maximum Gasteiger partial charge on any atom is 0.123 e. The minimum absolute atomic E-state index is 0.177. The van der Waals surface area contributed by atoms with Crippen molar-refractivity contribution in [1.82, 2.24) is 4.90 Å². The van der Waals surface area contributed by atoms with E-state index in [1.165, 1.54) is 12.1 Å². The molecular weight excluding hydrogens is 281 g/mol. The molecule has 0 spiro atoms. The lowest BCUT2D eigenvalue weighted by molar-refractivity contribution is -0.0869. The van der Waals surface area contributed by atoms with Gasteiger partial charge in [0.05, 0.1) is 25.9 Å². The smallest absolute Gasteiger partial charge is 0.123 e. The summed E-state index contributed by atoms with van der Waals surface area (Å²) in [6.07, 6.45) is 4.34. The highest BCUT2D eigenvalue weighted by atomic mass is 19.1. The molecule has 2 fully saturated rings. The predicted molar refractivity (Wildman–Crippen MR) is 84.1 cm³/mol. The van der Waals surface area contributed by atoms with E-state index in [1.807, 2.05) is 12.1 Å². The summed E-state index contributed by atoms with van der Waals surface area (Å²) in [4.78, 5) is 2.48. The number of ether oxygens (including phenoxy) is 2. The molecule has 0 bridgehead atoms. The minimum atomic E-state index is -0.177. The molecule has 1 saturated carbocycles. The summed E-state index contributed by atoms with van der Waals surface area (Å²) in [6.45, 7) is 7.61. The first-order valence-corrected chi connectivity index (χ1v) is 8.06. The van der Waals surface area contributed by atoms with Crippen LogP contribution < -0.4 is 0 Å². The SMILES string of the molecule is C=CCOCC1CCC2C1OCCN2Cc1ccc(F)cc1. The van der Waals surface area contributed by atoms with Crippen LogP contribution in [0.2, 0.25) is 0 Å². The largest absolute Gasteiger partial charge is 0.377 e. The molecule has 120 valence electrons. The second-order valence-electron chi connectivity index (χ2n) is 6.16. The number of morpholine rings is 1. The Hall–Kier alpha value is -1.23. The number of fused-ring (bicyclic) bond motifs is 1. The first kappa shape index (κ1) is 15.7. The molecule has 3 atom stereocenters. The molecule has 1 aromatic rings. The van der Waals surface area contributed by atoms with Gasteiger partial charge >= 0.3 is 0 Å². The van der Waals surface area contributed by atoms with Crippen molar-refractivity contribution in [2.24, 2.45) is 5.92 Å². The molecule has 1 heterocycles. The molecule has 3 unspecified atom stereocenters. The molecule has 1 aliphatic carbocycles. The lowest BCUT2D eigenvalue weighted by Crippen LogP contribution is -2.50. The maximum absolute atomic E-state index is 13.0. The van der Waals surface area contributed by atoms with Crippen molar-refractivity contribution in [2.45, 2.75) is 31.5 Å². The van der Waals surface area contributed by atoms with E-state index in [4.69, 9.17) is 9.47 Å². The van der Waals surface area contributed by atoms with Crippen LogP contribution in [0, 0.1) is 11.7 Å². The molecule has 4 heteroatoms. The molecular formula is C18H24FNO2. The van der Waals surface area contributed by atoms with Crippen molar-refractivity contribution in [2.75, 3.05) is 26.4 Å². The maximum atomic E-state index is 13.0. The van der Waals surface area contributed by atoms with E-state index >= 15 is 0 Å². The van der Waals surface area contributed by atoms with Gasteiger partial charge in [0.1, 0.15) is 5.82 Å². The number of hydrogen-bond acceptors (Lipinski definition) is 3. The quantitative estimate of drug-likeness (QED) is 0.596. The minimum Gasteiger partial charge on any atom is -0.377 e. The number of hydrogen-bond donors (Lipinski definition) is 0. The number of rotatable bonds is 6. The standard InChI is InChI=1S/C18H24FNO2/c1-2-10-21-13-15-5-8-17-18(15)22-11-9-20(17)12-14-3-6-16(19)7-4-14/h2-4,6-7,15,17-18H,1,5,8-13H2. The molecule has 2 aliphatic rings. The Morgan fingerprint density at radius 1 is 1.32 bits per heavy atom. The number of nitrogens with zero attached hydrogens (tertiary/aromatic N) is 1. The van der Waals surface area contributed by atoms with E-state index in [0.717, 1.165) is 44.7 Å². The van der Waals surface area contributed by atoms with E-state index < -0.39 is 0 Å². The lowest BCUT2D eigenvalue weighted by atomic mass is 10.0. The van der Waals surface area contributed by atoms with E-state index in [0.29, 0.717) is 18.6 Å². The fraction of sp³-hybridized carbons (Fsp3) is 0.556. The van der Waals surface area contributed by atoms with Crippen LogP contribution in [0.5, 0.6) is 0 Å². The summed E-state index contributed by atoms with van der Waals surface area (Å²) in [5, 5.41) is 0. The van der Waals surface area contributed by atoms with Gasteiger partial charge in [-0.2, -0.15) is 0 Å². The Bertz CT molecular complexity index is 490. The zero-order valence-electron chi connectivity index (χ0n) is 12.9. The lowest BCUT2D eigenvalue weighted by Gasteiger charge is -2.39. The Morgan fingerprint density at radius 2 is 2.14 bits per heavy atom. The Balaban J connectivity index is 1.60. The summed E-state index contributed by atoms with van der Waals surface area (Å²) >= 11 is 0. The highest BCUT2D eigenvalue weighted by Crippen LogP contribution is 2.35. The van der Waals surface area contributed by atoms with Crippen LogP contribution in [0.25, 0.3) is 0 Å². The second kappa shape index (κ2) is 7.36. The van der Waals surface area contributed by atoms with Crippen molar-refractivity contribution in [3.05, 3.63) is 48.3 Å². The third kappa shape index (κ3) is 3.57. The Labute approximate surface area is 131 Å². The van der Waals surface area contributed by atoms with Crippen molar-refractivity contribution in [3.63, 3.8) is 0 Å². The first-order chi connectivity index (χ1) is 10.8. The molecule has 0 N–H and O–H groups in total. The zero-order valence-corrected chi connectivity index (χ0v) is 12.9. The normalized spacial score (nSPS) is 28.5. The third-order valence-corrected chi connectivity index (χ3v) is 4.70. The topological polar surface area (TPSA) is 21.7 Å². The summed E-state index contributed by atoms with van der Waals surface area (Å²) in [7, 11) is 0. The molecule has 1 aliphatic heterocycles. The van der Waals surface area contributed by atoms with Gasteiger partial charge in [-0.1, -0.05) is 18.2 Å². The summed E-state index contributed by atoms with van der Waals surface area (Å²) in [6, 6.07) is 7.27. The van der Waals surface area contributed by atoms with E-state index in [9.17, 15) is 4.39 Å². The summed E-state index contributed by atoms with van der Waals surface area (Å²) in [5.74, 6) is 0.296. The van der Waals surface area contributed by atoms with Gasteiger partial charge in [0.2, 0.25) is 0 Å². The van der Waals surface area contributed by atoms with Crippen molar-refractivity contribution >= 4 is 0 Å². The van der Waals surface area contributed by atoms with Crippen LogP contribution in [0.15, 0.2) is 36.9 Å². The molecule has 1 aromatic carbocycles. The Kier molecular flexibility index (Phi) is 5.24. The van der Waals surface area contributed by atoms with Gasteiger partial charge in [-0.15, -0.1) is 6.58 Å². The van der Waals surface area contributed by atoms with Crippen molar-refractivity contribution in [1.29, 1.82) is 0 Å². The van der Waals surface area contributed by atoms with Gasteiger partial charge < -0.3 is 9.47 Å². The fourth-order valence-corrected chi connectivity index (χ4v) is 3.64. The highest BCUT2D eigenvalue weighted by molar-refractivity contribution is 5.16. The zero-order chi connectivity index (χ0) is 15.4. The van der Waals surface area contributed by atoms with Gasteiger partial charge in [-0.05, 0) is 30.5 Å². The van der Waals surface area contributed by atoms with Crippen molar-refractivity contribution < 1.29 is 13.9 Å². The summed E-state index contributed by atoms with van der Waals surface area (Å²) < 4.78 is 24.7. The third-order valence-electron chi connectivity index (χ3n) is 4.70. The van der Waals surface area contributed by atoms with Crippen LogP contribution >= 0.6 is 0 Å². The van der Waals surface area contributed by atoms with Gasteiger partial charge in [0.15, 0.2) is 0 Å². The van der Waals surface area contributed by atoms with E-state index in [2.05, 4.69) is 11.5 Å². The van der Waals surface area contributed by atoms with Gasteiger partial charge in [0.25, 0.3) is 0 Å². The highest BCUT2D eigenvalue weighted by Gasteiger charge is 2.42. The van der Waals surface area contributed by atoms with Crippen LogP contribution in [-0.2, 0) is 16.0 Å². The van der Waals surface area contributed by atoms with Gasteiger partial charge in [-0.25, -0.2) is 4.39 Å². The van der Waals surface area contributed by atoms with E-state index in [1.54, 1.807) is 6.08 Å². The molecule has 0 amide bonds. The molecule has 0 aromatic heterocycles. The first-order valence-electron chi connectivity index (χ1n) is 8.06. The van der Waals surface area contributed by atoms with E-state index in [-0.39, 0.29) is 11.9 Å². The Morgan fingerprint density at radius 3 is 2.91 bits per heavy atom. The number of halogens is 1. The van der Waals surface area contributed by atoms with Gasteiger partial charge in [0, 0.05) is 25.0 Å². The fourth-order valence-electron chi connectivity index (χ4n) is 3.64. The molecule has 3 nitrogen and oxygen atoms in total. The molecule has 0 radical (unpaired) electrons. The average molecular weight is 305 g/mol. The summed E-state index contributed by atoms with van der Waals surface area (Å²) in [5.41, 5.74) is 1.16. The second-order valence-corrected chi connectivity index (χ2v) is 6.16. The van der Waals surface area contributed by atoms with Gasteiger partial charge in [-0.3, -0.25) is 4.90 Å². The monoisotopic (exact) mass is 305 g/mol. The van der Waals surface area contributed by atoms with Crippen LogP contribution in [0.3, 0.4) is 0 Å². The van der Waals surface area contributed by atoms with Crippen LogP contribution in [0.1, 0.15) is 18.4 Å². The van der Waals surface area contributed by atoms with Crippen LogP contribution in [-0.4, -0.2) is 43.4 Å². The average Bonchev–Trinajstić information content (AvgIpc) is 2.94. The van der Waals surface area contributed by atoms with Crippen LogP contribution in [0.4, 0.5) is 4.39 Å². The molecule has 1 saturated heterocycles.